The van der Waals surface area contributed by atoms with Gasteiger partial charge in [0, 0.05) is 18.8 Å². The molecular weight excluding hydrogens is 430 g/mol. The highest BCUT2D eigenvalue weighted by molar-refractivity contribution is 7.89. The topological polar surface area (TPSA) is 110 Å². The number of aliphatic hydroxyl groups excluding tert-OH is 1. The predicted molar refractivity (Wildman–Crippen MR) is 126 cm³/mol. The van der Waals surface area contributed by atoms with E-state index in [9.17, 15) is 23.1 Å². The molecule has 7 nitrogen and oxygen atoms in total. The van der Waals surface area contributed by atoms with E-state index in [0.717, 1.165) is 6.26 Å². The molecule has 0 aromatic rings. The fourth-order valence-electron chi connectivity index (χ4n) is 4.09. The summed E-state index contributed by atoms with van der Waals surface area (Å²) >= 11 is 0. The van der Waals surface area contributed by atoms with E-state index in [1.54, 1.807) is 4.72 Å². The van der Waals surface area contributed by atoms with Gasteiger partial charge in [-0.25, -0.2) is 17.9 Å². The number of aliphatic hydroxyl groups is 1. The summed E-state index contributed by atoms with van der Waals surface area (Å²) in [6, 6.07) is 0. The summed E-state index contributed by atoms with van der Waals surface area (Å²) in [6.07, 6.45) is 14.5. The van der Waals surface area contributed by atoms with Crippen LogP contribution >= 0.6 is 0 Å². The Morgan fingerprint density at radius 3 is 2.62 bits per heavy atom. The molecule has 0 heterocycles. The number of carbonyl (C=O) groups excluding carboxylic acids is 2. The number of hydrogen-bond acceptors (Lipinski definition) is 6. The van der Waals surface area contributed by atoms with Crippen LogP contribution in [0.5, 0.6) is 0 Å². The minimum absolute atomic E-state index is 0.0222. The maximum Gasteiger partial charge on any atom is 0.423 e. The zero-order chi connectivity index (χ0) is 24.1. The molecule has 0 bridgehead atoms. The Balaban J connectivity index is 2.39. The fourth-order valence-corrected chi connectivity index (χ4v) is 4.44. The number of amides is 1. The van der Waals surface area contributed by atoms with Crippen LogP contribution in [0.25, 0.3) is 0 Å². The molecule has 184 valence electrons. The lowest BCUT2D eigenvalue weighted by molar-refractivity contribution is -0.121. The summed E-state index contributed by atoms with van der Waals surface area (Å²) < 4.78 is 28.1. The third-order valence-electron chi connectivity index (χ3n) is 5.87. The summed E-state index contributed by atoms with van der Waals surface area (Å²) in [5.41, 5.74) is 0. The molecule has 8 heteroatoms. The van der Waals surface area contributed by atoms with E-state index in [2.05, 4.69) is 37.7 Å². The Labute approximate surface area is 193 Å². The molecule has 32 heavy (non-hydrogen) atoms. The molecule has 1 saturated carbocycles. The first-order valence-electron chi connectivity index (χ1n) is 11.8. The van der Waals surface area contributed by atoms with Gasteiger partial charge in [-0.2, -0.15) is 0 Å². The van der Waals surface area contributed by atoms with Crippen molar-refractivity contribution < 1.29 is 27.9 Å². The number of unbranched alkanes of at least 4 members (excludes halogenated alkanes) is 3. The van der Waals surface area contributed by atoms with Gasteiger partial charge in [0.05, 0.1) is 6.26 Å². The SMILES string of the molecule is CCCCC[C@H](C)C=C[C@H]1[C@H](C)CC(=O)[C@@H]1CC=CCCCC(O)OC(=O)NS(C)(=O)=O. The van der Waals surface area contributed by atoms with Gasteiger partial charge in [0.25, 0.3) is 0 Å². The normalized spacial score (nSPS) is 23.7. The molecule has 1 unspecified atom stereocenters. The Morgan fingerprint density at radius 1 is 1.25 bits per heavy atom. The van der Waals surface area contributed by atoms with Crippen LogP contribution in [0.3, 0.4) is 0 Å². The summed E-state index contributed by atoms with van der Waals surface area (Å²) in [5, 5.41) is 9.66. The Kier molecular flexibility index (Phi) is 12.8. The number of ether oxygens (including phenoxy) is 1. The van der Waals surface area contributed by atoms with Gasteiger partial charge in [0.2, 0.25) is 16.3 Å². The van der Waals surface area contributed by atoms with Gasteiger partial charge < -0.3 is 9.84 Å². The average Bonchev–Trinajstić information content (AvgIpc) is 2.94. The molecule has 0 aromatic heterocycles. The molecule has 1 rings (SSSR count). The van der Waals surface area contributed by atoms with Crippen molar-refractivity contribution in [3.05, 3.63) is 24.3 Å². The maximum atomic E-state index is 12.5. The summed E-state index contributed by atoms with van der Waals surface area (Å²) in [6.45, 7) is 6.60. The Hall–Kier alpha value is -1.67. The number of carbonyl (C=O) groups is 2. The van der Waals surface area contributed by atoms with Crippen molar-refractivity contribution in [1.29, 1.82) is 0 Å². The quantitative estimate of drug-likeness (QED) is 0.215. The van der Waals surface area contributed by atoms with Gasteiger partial charge in [-0.15, -0.1) is 0 Å². The lowest BCUT2D eigenvalue weighted by Gasteiger charge is -2.17. The van der Waals surface area contributed by atoms with Gasteiger partial charge in [-0.1, -0.05) is 64.3 Å². The zero-order valence-corrected chi connectivity index (χ0v) is 20.8. The molecule has 1 amide bonds. The molecule has 0 aromatic carbocycles. The largest absolute Gasteiger partial charge is 0.423 e. The first-order valence-corrected chi connectivity index (χ1v) is 13.6. The van der Waals surface area contributed by atoms with E-state index >= 15 is 0 Å². The van der Waals surface area contributed by atoms with Gasteiger partial charge in [0.1, 0.15) is 5.78 Å². The van der Waals surface area contributed by atoms with Crippen molar-refractivity contribution in [3.63, 3.8) is 0 Å². The first kappa shape index (κ1) is 28.4. The lowest BCUT2D eigenvalue weighted by atomic mass is 9.86. The maximum absolute atomic E-state index is 12.5. The third kappa shape index (κ3) is 11.8. The summed E-state index contributed by atoms with van der Waals surface area (Å²) in [7, 11) is -3.72. The van der Waals surface area contributed by atoms with Crippen molar-refractivity contribution >= 4 is 21.9 Å². The fraction of sp³-hybridized carbons (Fsp3) is 0.750. The van der Waals surface area contributed by atoms with Gasteiger partial charge in [0.15, 0.2) is 0 Å². The van der Waals surface area contributed by atoms with Crippen LogP contribution in [0, 0.1) is 23.7 Å². The van der Waals surface area contributed by atoms with Crippen molar-refractivity contribution in [3.8, 4) is 0 Å². The highest BCUT2D eigenvalue weighted by Crippen LogP contribution is 2.38. The van der Waals surface area contributed by atoms with E-state index < -0.39 is 22.4 Å². The van der Waals surface area contributed by atoms with E-state index in [1.165, 1.54) is 25.7 Å². The molecule has 0 radical (unpaired) electrons. The van der Waals surface area contributed by atoms with E-state index in [0.29, 0.717) is 43.3 Å². The number of allylic oxidation sites excluding steroid dienone is 4. The van der Waals surface area contributed by atoms with Crippen LogP contribution in [-0.4, -0.2) is 37.9 Å². The highest BCUT2D eigenvalue weighted by Gasteiger charge is 2.37. The summed E-state index contributed by atoms with van der Waals surface area (Å²) in [4.78, 5) is 23.7. The van der Waals surface area contributed by atoms with Gasteiger partial charge in [-0.05, 0) is 43.4 Å². The van der Waals surface area contributed by atoms with Crippen LogP contribution in [0.4, 0.5) is 4.79 Å². The molecule has 1 fully saturated rings. The zero-order valence-electron chi connectivity index (χ0n) is 20.0. The molecular formula is C24H41NO6S. The highest BCUT2D eigenvalue weighted by atomic mass is 32.2. The second kappa shape index (κ2) is 14.5. The van der Waals surface area contributed by atoms with Crippen molar-refractivity contribution in [2.45, 2.75) is 84.8 Å². The average molecular weight is 472 g/mol. The molecule has 0 aliphatic heterocycles. The smallest absolute Gasteiger partial charge is 0.419 e. The first-order chi connectivity index (χ1) is 15.0. The number of rotatable bonds is 14. The Morgan fingerprint density at radius 2 is 1.97 bits per heavy atom. The second-order valence-corrected chi connectivity index (χ2v) is 10.8. The predicted octanol–water partition coefficient (Wildman–Crippen LogP) is 4.72. The van der Waals surface area contributed by atoms with E-state index in [4.69, 9.17) is 0 Å². The third-order valence-corrected chi connectivity index (χ3v) is 6.41. The molecule has 2 N–H and O–H groups in total. The lowest BCUT2D eigenvalue weighted by Crippen LogP contribution is -2.33. The van der Waals surface area contributed by atoms with Crippen LogP contribution in [0.15, 0.2) is 24.3 Å². The van der Waals surface area contributed by atoms with Crippen LogP contribution in [-0.2, 0) is 19.6 Å². The van der Waals surface area contributed by atoms with Gasteiger partial charge in [-0.3, -0.25) is 4.79 Å². The van der Waals surface area contributed by atoms with Crippen molar-refractivity contribution in [1.82, 2.24) is 4.72 Å². The minimum atomic E-state index is -3.72. The minimum Gasteiger partial charge on any atom is -0.419 e. The standard InChI is InChI=1S/C24H41NO6S/c1-5-6-9-12-18(2)15-16-20-19(3)17-22(26)21(20)13-10-7-8-11-14-23(27)31-24(28)25-32(4,29)30/h7,10,15-16,18-21,23,27H,5-6,8-9,11-14,17H2,1-4H3,(H,25,28)/t18-,19+,20-,21+,23?/m0/s1. The second-order valence-electron chi connectivity index (χ2n) is 9.06. The number of Topliss-reactive ketones (excluding diaryl/α,β-unsaturated/α-hetero) is 1. The van der Waals surface area contributed by atoms with E-state index in [-0.39, 0.29) is 18.3 Å². The van der Waals surface area contributed by atoms with Crippen molar-refractivity contribution in [2.24, 2.45) is 23.7 Å². The molecule has 0 spiro atoms. The Bertz CT molecular complexity index is 746. The molecule has 1 aliphatic carbocycles. The number of nitrogens with one attached hydrogen (secondary N) is 1. The molecule has 5 atom stereocenters. The number of sulfonamides is 1. The summed E-state index contributed by atoms with van der Waals surface area (Å²) in [5.74, 6) is 1.54. The number of ketones is 1. The van der Waals surface area contributed by atoms with E-state index in [1.807, 2.05) is 12.2 Å². The molecule has 1 aliphatic rings. The van der Waals surface area contributed by atoms with Crippen LogP contribution in [0.2, 0.25) is 0 Å². The number of hydrogen-bond donors (Lipinski definition) is 2. The monoisotopic (exact) mass is 471 g/mol. The molecule has 0 saturated heterocycles. The van der Waals surface area contributed by atoms with Crippen LogP contribution < -0.4 is 4.72 Å². The van der Waals surface area contributed by atoms with Crippen LogP contribution in [0.1, 0.15) is 78.6 Å². The van der Waals surface area contributed by atoms with Gasteiger partial charge >= 0.3 is 6.09 Å². The van der Waals surface area contributed by atoms with Crippen molar-refractivity contribution in [2.75, 3.05) is 6.26 Å².